The van der Waals surface area contributed by atoms with Crippen molar-refractivity contribution < 1.29 is 59.2 Å². The number of hydrogen-bond donors (Lipinski definition) is 6. The van der Waals surface area contributed by atoms with Crippen LogP contribution < -0.4 is 0 Å². The van der Waals surface area contributed by atoms with Gasteiger partial charge in [0.1, 0.15) is 47.9 Å². The van der Waals surface area contributed by atoms with Gasteiger partial charge in [0.2, 0.25) is 0 Å². The normalized spacial score (nSPS) is 25.8. The minimum absolute atomic E-state index is 0.0271. The summed E-state index contributed by atoms with van der Waals surface area (Å²) in [5.74, 6) is -1.83. The van der Waals surface area contributed by atoms with Crippen LogP contribution in [0.15, 0.2) is 72.8 Å². The number of carbonyl (C=O) groups is 2. The van der Waals surface area contributed by atoms with Gasteiger partial charge in [-0.05, 0) is 77.9 Å². The van der Waals surface area contributed by atoms with E-state index in [1.54, 1.807) is 24.3 Å². The molecule has 1 aliphatic carbocycles. The van der Waals surface area contributed by atoms with Gasteiger partial charge in [-0.2, -0.15) is 0 Å². The number of phenols is 4. The van der Waals surface area contributed by atoms with E-state index in [2.05, 4.69) is 0 Å². The Morgan fingerprint density at radius 2 is 1.43 bits per heavy atom. The highest BCUT2D eigenvalue weighted by Gasteiger charge is 2.48. The first-order valence-electron chi connectivity index (χ1n) is 15.0. The van der Waals surface area contributed by atoms with Crippen molar-refractivity contribution in [2.75, 3.05) is 6.61 Å². The summed E-state index contributed by atoms with van der Waals surface area (Å²) in [6.45, 7) is 1.40. The summed E-state index contributed by atoms with van der Waals surface area (Å²) in [7, 11) is 0. The number of hydrogen-bond acceptors (Lipinski definition) is 12. The molecular weight excluding hydrogens is 612 g/mol. The lowest BCUT2D eigenvalue weighted by Gasteiger charge is -2.43. The standard InChI is InChI=1S/C35H36O12/c1-19-14-26(16-22-15-25(38)17-27(39)31(19)22)45-35-33(43)32(42)34(47-30(41)13-7-21-4-10-24(37)11-5-21)28(46-35)18-44-29(40)12-6-20-2-8-23(36)9-3-20/h2-13,15,17,19,26,28,32-39,42-43H,14,16,18H2,1H3/t19-,26+,28+,32+,33+,34+,35+/m1/s1. The molecular formula is C35H36O12. The first-order valence-corrected chi connectivity index (χ1v) is 15.0. The molecule has 0 spiro atoms. The average molecular weight is 649 g/mol. The van der Waals surface area contributed by atoms with Crippen LogP contribution in [0.5, 0.6) is 23.0 Å². The summed E-state index contributed by atoms with van der Waals surface area (Å²) in [5, 5.41) is 61.4. The molecule has 0 aromatic heterocycles. The molecule has 0 radical (unpaired) electrons. The van der Waals surface area contributed by atoms with Crippen LogP contribution in [0.1, 0.15) is 41.5 Å². The SMILES string of the molecule is C[C@@H]1C[C@H](O[C@H]2O[C@@H](COC(=O)C=Cc3ccc(O)cc3)[C@H](OC(=O)C=Cc3ccc(O)cc3)[C@@H](O)[C@@H]2O)Cc2cc(O)cc(O)c21. The van der Waals surface area contributed by atoms with E-state index >= 15 is 0 Å². The monoisotopic (exact) mass is 648 g/mol. The molecule has 0 unspecified atom stereocenters. The number of fused-ring (bicyclic) bond motifs is 1. The van der Waals surface area contributed by atoms with E-state index in [0.29, 0.717) is 28.7 Å². The minimum atomic E-state index is -1.70. The summed E-state index contributed by atoms with van der Waals surface area (Å²) in [6, 6.07) is 14.9. The van der Waals surface area contributed by atoms with Crippen LogP contribution in [0.3, 0.4) is 0 Å². The second-order valence-corrected chi connectivity index (χ2v) is 11.5. The smallest absolute Gasteiger partial charge is 0.331 e. The molecule has 0 bridgehead atoms. The number of aromatic hydroxyl groups is 4. The maximum atomic E-state index is 12.8. The van der Waals surface area contributed by atoms with E-state index in [0.717, 1.165) is 12.2 Å². The van der Waals surface area contributed by atoms with Crippen LogP contribution in [-0.2, 0) is 35.0 Å². The van der Waals surface area contributed by atoms with E-state index < -0.39 is 55.4 Å². The molecule has 3 aromatic rings. The fraction of sp³-hybridized carbons (Fsp3) is 0.314. The number of benzene rings is 3. The number of carbonyl (C=O) groups excluding carboxylic acids is 2. The molecule has 2 aliphatic rings. The maximum Gasteiger partial charge on any atom is 0.331 e. The van der Waals surface area contributed by atoms with Gasteiger partial charge in [0.05, 0.1) is 6.10 Å². The molecule has 12 nitrogen and oxygen atoms in total. The summed E-state index contributed by atoms with van der Waals surface area (Å²) >= 11 is 0. The molecule has 248 valence electrons. The Kier molecular flexibility index (Phi) is 10.5. The summed E-state index contributed by atoms with van der Waals surface area (Å²) < 4.78 is 22.9. The molecule has 6 N–H and O–H groups in total. The van der Waals surface area contributed by atoms with Gasteiger partial charge < -0.3 is 49.6 Å². The van der Waals surface area contributed by atoms with E-state index in [4.69, 9.17) is 18.9 Å². The minimum Gasteiger partial charge on any atom is -0.508 e. The lowest BCUT2D eigenvalue weighted by Crippen LogP contribution is -2.61. The molecule has 47 heavy (non-hydrogen) atoms. The zero-order valence-electron chi connectivity index (χ0n) is 25.4. The Morgan fingerprint density at radius 3 is 2.04 bits per heavy atom. The molecule has 7 atom stereocenters. The lowest BCUT2D eigenvalue weighted by molar-refractivity contribution is -0.313. The highest BCUT2D eigenvalue weighted by molar-refractivity contribution is 5.87. The number of rotatable bonds is 9. The quantitative estimate of drug-likeness (QED) is 0.147. The van der Waals surface area contributed by atoms with E-state index in [9.17, 15) is 40.2 Å². The van der Waals surface area contributed by atoms with Gasteiger partial charge in [0.25, 0.3) is 0 Å². The number of aliphatic hydroxyl groups is 2. The topological polar surface area (TPSA) is 192 Å². The van der Waals surface area contributed by atoms with Crippen LogP contribution in [0.4, 0.5) is 0 Å². The lowest BCUT2D eigenvalue weighted by atomic mass is 9.81. The predicted molar refractivity (Wildman–Crippen MR) is 167 cm³/mol. The number of aliphatic hydroxyl groups excluding tert-OH is 2. The summed E-state index contributed by atoms with van der Waals surface area (Å²) in [6.07, 6.45) is -2.18. The van der Waals surface area contributed by atoms with Crippen molar-refractivity contribution in [3.05, 3.63) is 95.1 Å². The van der Waals surface area contributed by atoms with Crippen LogP contribution in [0.25, 0.3) is 12.2 Å². The fourth-order valence-corrected chi connectivity index (χ4v) is 5.74. The molecule has 12 heteroatoms. The molecule has 0 amide bonds. The first-order chi connectivity index (χ1) is 22.5. The van der Waals surface area contributed by atoms with Crippen LogP contribution in [-0.4, -0.2) is 86.0 Å². The Bertz CT molecular complexity index is 1610. The first kappa shape index (κ1) is 33.5. The highest BCUT2D eigenvalue weighted by atomic mass is 16.7. The van der Waals surface area contributed by atoms with Crippen molar-refractivity contribution in [1.29, 1.82) is 0 Å². The van der Waals surface area contributed by atoms with Gasteiger partial charge in [0, 0.05) is 23.8 Å². The Hall–Kier alpha value is -4.88. The number of esters is 2. The van der Waals surface area contributed by atoms with Gasteiger partial charge in [-0.25, -0.2) is 9.59 Å². The van der Waals surface area contributed by atoms with Gasteiger partial charge in [-0.1, -0.05) is 31.2 Å². The molecule has 5 rings (SSSR count). The average Bonchev–Trinajstić information content (AvgIpc) is 3.02. The van der Waals surface area contributed by atoms with Crippen molar-refractivity contribution in [1.82, 2.24) is 0 Å². The van der Waals surface area contributed by atoms with E-state index in [-0.39, 0.29) is 35.3 Å². The summed E-state index contributed by atoms with van der Waals surface area (Å²) in [5.41, 5.74) is 2.56. The summed E-state index contributed by atoms with van der Waals surface area (Å²) in [4.78, 5) is 25.3. The molecule has 1 fully saturated rings. The van der Waals surface area contributed by atoms with Crippen LogP contribution in [0, 0.1) is 0 Å². The Morgan fingerprint density at radius 1 is 0.830 bits per heavy atom. The second kappa shape index (κ2) is 14.7. The highest BCUT2D eigenvalue weighted by Crippen LogP contribution is 2.41. The van der Waals surface area contributed by atoms with Gasteiger partial charge in [0.15, 0.2) is 12.4 Å². The van der Waals surface area contributed by atoms with Crippen molar-refractivity contribution in [3.63, 3.8) is 0 Å². The zero-order valence-corrected chi connectivity index (χ0v) is 25.4. The number of phenolic OH excluding ortho intramolecular Hbond substituents is 4. The zero-order chi connectivity index (χ0) is 33.7. The molecule has 1 saturated heterocycles. The largest absolute Gasteiger partial charge is 0.508 e. The second-order valence-electron chi connectivity index (χ2n) is 11.5. The third-order valence-electron chi connectivity index (χ3n) is 8.00. The van der Waals surface area contributed by atoms with E-state index in [1.165, 1.54) is 48.6 Å². The molecule has 1 heterocycles. The van der Waals surface area contributed by atoms with Crippen LogP contribution in [0.2, 0.25) is 0 Å². The van der Waals surface area contributed by atoms with Gasteiger partial charge in [-0.15, -0.1) is 0 Å². The Labute approximate surface area is 270 Å². The third kappa shape index (κ3) is 8.48. The molecule has 3 aromatic carbocycles. The Balaban J connectivity index is 1.30. The van der Waals surface area contributed by atoms with Crippen molar-refractivity contribution in [2.24, 2.45) is 0 Å². The van der Waals surface area contributed by atoms with E-state index in [1.807, 2.05) is 6.92 Å². The van der Waals surface area contributed by atoms with Crippen LogP contribution >= 0.6 is 0 Å². The fourth-order valence-electron chi connectivity index (χ4n) is 5.74. The predicted octanol–water partition coefficient (Wildman–Crippen LogP) is 3.27. The maximum absolute atomic E-state index is 12.8. The third-order valence-corrected chi connectivity index (χ3v) is 8.00. The molecule has 0 saturated carbocycles. The van der Waals surface area contributed by atoms with Crippen molar-refractivity contribution in [2.45, 2.75) is 62.5 Å². The number of ether oxygens (including phenoxy) is 4. The van der Waals surface area contributed by atoms with Gasteiger partial charge >= 0.3 is 11.9 Å². The van der Waals surface area contributed by atoms with Crippen molar-refractivity contribution in [3.8, 4) is 23.0 Å². The van der Waals surface area contributed by atoms with Gasteiger partial charge in [-0.3, -0.25) is 0 Å². The van der Waals surface area contributed by atoms with Crippen molar-refractivity contribution >= 4 is 24.1 Å². The molecule has 1 aliphatic heterocycles.